The van der Waals surface area contributed by atoms with Crippen molar-refractivity contribution >= 4 is 12.0 Å². The highest BCUT2D eigenvalue weighted by Gasteiger charge is 2.17. The molecule has 6 heteroatoms. The number of hydrogen-bond acceptors (Lipinski definition) is 3. The lowest BCUT2D eigenvalue weighted by Crippen LogP contribution is -2.44. The van der Waals surface area contributed by atoms with Gasteiger partial charge in [0, 0.05) is 31.5 Å². The standard InChI is InChI=1S/C14H21N3O3/c1-10(2)17(7-5-13(18)19)14(20)16-9-12-8-15-6-4-11(12)3/h4,6,8,10H,5,7,9H2,1-3H3,(H,16,20)(H,18,19). The van der Waals surface area contributed by atoms with E-state index in [0.29, 0.717) is 6.54 Å². The van der Waals surface area contributed by atoms with Gasteiger partial charge in [-0.15, -0.1) is 0 Å². The van der Waals surface area contributed by atoms with E-state index < -0.39 is 5.97 Å². The van der Waals surface area contributed by atoms with Crippen LogP contribution in [0, 0.1) is 6.92 Å². The molecule has 0 aliphatic carbocycles. The summed E-state index contributed by atoms with van der Waals surface area (Å²) in [5.41, 5.74) is 2.00. The Morgan fingerprint density at radius 1 is 1.45 bits per heavy atom. The van der Waals surface area contributed by atoms with Crippen LogP contribution in [0.4, 0.5) is 4.79 Å². The minimum Gasteiger partial charge on any atom is -0.481 e. The summed E-state index contributed by atoms with van der Waals surface area (Å²) in [4.78, 5) is 28.2. The molecule has 0 saturated carbocycles. The van der Waals surface area contributed by atoms with Crippen LogP contribution in [0.2, 0.25) is 0 Å². The summed E-state index contributed by atoms with van der Waals surface area (Å²) in [5.74, 6) is -0.911. The van der Waals surface area contributed by atoms with Gasteiger partial charge >= 0.3 is 12.0 Å². The van der Waals surface area contributed by atoms with E-state index in [9.17, 15) is 9.59 Å². The fourth-order valence-corrected chi connectivity index (χ4v) is 1.76. The second-order valence-electron chi connectivity index (χ2n) is 4.89. The number of carbonyl (C=O) groups excluding carboxylic acids is 1. The van der Waals surface area contributed by atoms with Crippen molar-refractivity contribution in [1.82, 2.24) is 15.2 Å². The molecule has 1 heterocycles. The summed E-state index contributed by atoms with van der Waals surface area (Å²) < 4.78 is 0. The number of urea groups is 1. The molecule has 20 heavy (non-hydrogen) atoms. The van der Waals surface area contributed by atoms with Crippen LogP contribution in [0.15, 0.2) is 18.5 Å². The van der Waals surface area contributed by atoms with Crippen molar-refractivity contribution in [2.75, 3.05) is 6.54 Å². The Morgan fingerprint density at radius 2 is 2.15 bits per heavy atom. The Morgan fingerprint density at radius 3 is 2.70 bits per heavy atom. The fourth-order valence-electron chi connectivity index (χ4n) is 1.76. The third-order valence-corrected chi connectivity index (χ3v) is 3.03. The molecule has 0 spiro atoms. The molecule has 6 nitrogen and oxygen atoms in total. The smallest absolute Gasteiger partial charge is 0.317 e. The van der Waals surface area contributed by atoms with Crippen LogP contribution in [0.3, 0.4) is 0 Å². The maximum absolute atomic E-state index is 12.1. The second kappa shape index (κ2) is 7.47. The molecule has 1 aromatic rings. The molecule has 1 rings (SSSR count). The van der Waals surface area contributed by atoms with Gasteiger partial charge in [0.05, 0.1) is 6.42 Å². The number of aryl methyl sites for hydroxylation is 1. The largest absolute Gasteiger partial charge is 0.481 e. The van der Waals surface area contributed by atoms with Gasteiger partial charge in [-0.1, -0.05) is 0 Å². The Bertz CT molecular complexity index is 474. The molecule has 0 bridgehead atoms. The molecule has 0 aromatic carbocycles. The molecule has 0 aliphatic rings. The van der Waals surface area contributed by atoms with Crippen molar-refractivity contribution in [3.8, 4) is 0 Å². The number of carboxylic acids is 1. The molecule has 110 valence electrons. The number of amides is 2. The summed E-state index contributed by atoms with van der Waals surface area (Å²) in [5, 5.41) is 11.5. The Labute approximate surface area is 118 Å². The van der Waals surface area contributed by atoms with E-state index in [1.807, 2.05) is 26.8 Å². The summed E-state index contributed by atoms with van der Waals surface area (Å²) >= 11 is 0. The monoisotopic (exact) mass is 279 g/mol. The van der Waals surface area contributed by atoms with E-state index >= 15 is 0 Å². The molecule has 2 amide bonds. The van der Waals surface area contributed by atoms with Crippen LogP contribution < -0.4 is 5.32 Å². The number of aromatic nitrogens is 1. The van der Waals surface area contributed by atoms with Crippen LogP contribution in [0.1, 0.15) is 31.4 Å². The summed E-state index contributed by atoms with van der Waals surface area (Å²) in [6, 6.07) is 1.57. The maximum atomic E-state index is 12.1. The predicted octanol–water partition coefficient (Wildman–Crippen LogP) is 1.78. The predicted molar refractivity (Wildman–Crippen MR) is 75.3 cm³/mol. The first kappa shape index (κ1) is 15.9. The molecular formula is C14H21N3O3. The van der Waals surface area contributed by atoms with E-state index in [4.69, 9.17) is 5.11 Å². The Balaban J connectivity index is 2.58. The molecule has 0 radical (unpaired) electrons. The average molecular weight is 279 g/mol. The number of carboxylic acid groups (broad SMARTS) is 1. The topological polar surface area (TPSA) is 82.5 Å². The van der Waals surface area contributed by atoms with Crippen molar-refractivity contribution in [2.45, 2.75) is 39.8 Å². The zero-order valence-corrected chi connectivity index (χ0v) is 12.1. The lowest BCUT2D eigenvalue weighted by atomic mass is 10.1. The average Bonchev–Trinajstić information content (AvgIpc) is 2.37. The van der Waals surface area contributed by atoms with Crippen LogP contribution in [0.5, 0.6) is 0 Å². The number of pyridine rings is 1. The molecule has 0 saturated heterocycles. The number of nitrogens with zero attached hydrogens (tertiary/aromatic N) is 2. The molecule has 0 fully saturated rings. The zero-order valence-electron chi connectivity index (χ0n) is 12.1. The Hall–Kier alpha value is -2.11. The third-order valence-electron chi connectivity index (χ3n) is 3.03. The quantitative estimate of drug-likeness (QED) is 0.831. The van der Waals surface area contributed by atoms with E-state index in [0.717, 1.165) is 11.1 Å². The first-order valence-electron chi connectivity index (χ1n) is 6.57. The highest BCUT2D eigenvalue weighted by Crippen LogP contribution is 2.06. The van der Waals surface area contributed by atoms with Crippen molar-refractivity contribution in [3.63, 3.8) is 0 Å². The van der Waals surface area contributed by atoms with Gasteiger partial charge < -0.3 is 15.3 Å². The summed E-state index contributed by atoms with van der Waals surface area (Å²) in [6.45, 7) is 6.25. The van der Waals surface area contributed by atoms with Crippen molar-refractivity contribution in [3.05, 3.63) is 29.6 Å². The van der Waals surface area contributed by atoms with Crippen LogP contribution >= 0.6 is 0 Å². The van der Waals surface area contributed by atoms with Crippen LogP contribution in [-0.2, 0) is 11.3 Å². The van der Waals surface area contributed by atoms with Gasteiger partial charge in [0.2, 0.25) is 0 Å². The van der Waals surface area contributed by atoms with E-state index in [1.165, 1.54) is 4.90 Å². The third kappa shape index (κ3) is 4.87. The number of carbonyl (C=O) groups is 2. The summed E-state index contributed by atoms with van der Waals surface area (Å²) in [7, 11) is 0. The van der Waals surface area contributed by atoms with Gasteiger partial charge in [-0.25, -0.2) is 4.79 Å². The van der Waals surface area contributed by atoms with Crippen LogP contribution in [0.25, 0.3) is 0 Å². The molecule has 0 atom stereocenters. The first-order chi connectivity index (χ1) is 9.41. The van der Waals surface area contributed by atoms with Gasteiger partial charge in [0.1, 0.15) is 0 Å². The van der Waals surface area contributed by atoms with E-state index in [1.54, 1.807) is 12.4 Å². The first-order valence-corrected chi connectivity index (χ1v) is 6.57. The summed E-state index contributed by atoms with van der Waals surface area (Å²) in [6.07, 6.45) is 3.36. The maximum Gasteiger partial charge on any atom is 0.317 e. The van der Waals surface area contributed by atoms with Gasteiger partial charge in [-0.2, -0.15) is 0 Å². The molecule has 1 aromatic heterocycles. The second-order valence-corrected chi connectivity index (χ2v) is 4.89. The van der Waals surface area contributed by atoms with Crippen molar-refractivity contribution < 1.29 is 14.7 Å². The fraction of sp³-hybridized carbons (Fsp3) is 0.500. The Kier molecular flexibility index (Phi) is 5.96. The van der Waals surface area contributed by atoms with Crippen molar-refractivity contribution in [1.29, 1.82) is 0 Å². The molecular weight excluding hydrogens is 258 g/mol. The van der Waals surface area contributed by atoms with Gasteiger partial charge in [-0.05, 0) is 38.0 Å². The van der Waals surface area contributed by atoms with E-state index in [2.05, 4.69) is 10.3 Å². The molecule has 0 aliphatic heterocycles. The van der Waals surface area contributed by atoms with Gasteiger partial charge in [-0.3, -0.25) is 9.78 Å². The highest BCUT2D eigenvalue weighted by molar-refractivity contribution is 5.75. The number of rotatable bonds is 6. The minimum absolute atomic E-state index is 0.0515. The minimum atomic E-state index is -0.911. The molecule has 2 N–H and O–H groups in total. The van der Waals surface area contributed by atoms with E-state index in [-0.39, 0.29) is 25.0 Å². The molecule has 0 unspecified atom stereocenters. The number of hydrogen-bond donors (Lipinski definition) is 2. The lowest BCUT2D eigenvalue weighted by Gasteiger charge is -2.26. The van der Waals surface area contributed by atoms with Crippen LogP contribution in [-0.4, -0.2) is 39.6 Å². The number of aliphatic carboxylic acids is 1. The zero-order chi connectivity index (χ0) is 15.1. The SMILES string of the molecule is Cc1ccncc1CNC(=O)N(CCC(=O)O)C(C)C. The normalized spacial score (nSPS) is 10.4. The highest BCUT2D eigenvalue weighted by atomic mass is 16.4. The van der Waals surface area contributed by atoms with Crippen molar-refractivity contribution in [2.24, 2.45) is 0 Å². The van der Waals surface area contributed by atoms with Gasteiger partial charge in [0.15, 0.2) is 0 Å². The van der Waals surface area contributed by atoms with Gasteiger partial charge in [0.25, 0.3) is 0 Å². The lowest BCUT2D eigenvalue weighted by molar-refractivity contribution is -0.137. The number of nitrogens with one attached hydrogen (secondary N) is 1.